The molecule has 0 aromatic carbocycles. The van der Waals surface area contributed by atoms with E-state index < -0.39 is 57.8 Å². The second-order valence-electron chi connectivity index (χ2n) is 17.7. The van der Waals surface area contributed by atoms with Crippen molar-refractivity contribution in [2.24, 2.45) is 0 Å². The highest BCUT2D eigenvalue weighted by Gasteiger charge is 2.28. The Kier molecular flexibility index (Phi) is 49.1. The standard InChI is InChI=1S/C58H97O11P/c1-4-7-10-13-16-19-22-24-26-27-29-31-34-37-40-43-46-49-58(62)69-55(51-65-56(60)47-44-41-38-35-32-21-18-15-12-9-6-3)53-67-70(63,64)66-52-54(50-59)68-57(61)48-45-42-39-36-33-30-28-25-23-20-17-14-11-8-5-2/h7-8,10-11,16-17,19-20,24-26,28,33,36,42,45,54-55,59H,4-6,9,12-15,18,21-23,27,29-32,34-35,37-41,43-44,46-53H2,1-3H3,(H,63,64)/b10-7-,11-8-,19-16-,20-17-,26-24-,28-25-,36-33-,45-42-. The van der Waals surface area contributed by atoms with Crippen molar-refractivity contribution in [1.29, 1.82) is 0 Å². The van der Waals surface area contributed by atoms with E-state index in [1.165, 1.54) is 51.4 Å². The van der Waals surface area contributed by atoms with Crippen LogP contribution in [0.15, 0.2) is 97.2 Å². The molecule has 0 spiro atoms. The summed E-state index contributed by atoms with van der Waals surface area (Å²) in [6.07, 6.45) is 59.7. The fourth-order valence-electron chi connectivity index (χ4n) is 6.97. The molecule has 3 atom stereocenters. The van der Waals surface area contributed by atoms with E-state index in [1.807, 2.05) is 18.2 Å². The van der Waals surface area contributed by atoms with E-state index in [-0.39, 0.29) is 25.9 Å². The topological polar surface area (TPSA) is 155 Å². The van der Waals surface area contributed by atoms with Crippen LogP contribution in [0.1, 0.15) is 213 Å². The van der Waals surface area contributed by atoms with Gasteiger partial charge in [-0.05, 0) is 77.0 Å². The molecule has 2 N–H and O–H groups in total. The predicted molar refractivity (Wildman–Crippen MR) is 288 cm³/mol. The minimum absolute atomic E-state index is 0.0585. The van der Waals surface area contributed by atoms with Crippen LogP contribution in [0, 0.1) is 0 Å². The molecule has 0 aliphatic heterocycles. The van der Waals surface area contributed by atoms with Crippen LogP contribution in [0.2, 0.25) is 0 Å². The lowest BCUT2D eigenvalue weighted by Gasteiger charge is -2.21. The minimum atomic E-state index is -4.77. The molecule has 70 heavy (non-hydrogen) atoms. The SMILES string of the molecule is CC/C=C\C/C=C\C/C=C\C/C=C\C/C=C\CC(=O)OC(CO)COP(=O)(O)OCC(COC(=O)CCCCCCCCCCCCC)OC(=O)CCCCCCCCC/C=C\C/C=C\C/C=C\CC. The Morgan fingerprint density at radius 2 is 0.800 bits per heavy atom. The quantitative estimate of drug-likeness (QED) is 0.0197. The molecule has 0 aromatic heterocycles. The predicted octanol–water partition coefficient (Wildman–Crippen LogP) is 15.7. The smallest absolute Gasteiger partial charge is 0.462 e. The van der Waals surface area contributed by atoms with Gasteiger partial charge < -0.3 is 24.2 Å². The third kappa shape index (κ3) is 49.4. The van der Waals surface area contributed by atoms with Crippen LogP contribution in [-0.4, -0.2) is 66.5 Å². The average molecular weight is 1000 g/mol. The highest BCUT2D eigenvalue weighted by atomic mass is 31.2. The van der Waals surface area contributed by atoms with Gasteiger partial charge in [-0.1, -0.05) is 214 Å². The molecule has 0 fully saturated rings. The van der Waals surface area contributed by atoms with Gasteiger partial charge in [-0.3, -0.25) is 23.4 Å². The number of hydrogen-bond donors (Lipinski definition) is 2. The Morgan fingerprint density at radius 3 is 1.26 bits per heavy atom. The molecular formula is C58H97O11P. The summed E-state index contributed by atoms with van der Waals surface area (Å²) < 4.78 is 39.3. The van der Waals surface area contributed by atoms with E-state index in [2.05, 4.69) is 93.7 Å². The van der Waals surface area contributed by atoms with Crippen molar-refractivity contribution in [3.05, 3.63) is 97.2 Å². The van der Waals surface area contributed by atoms with Gasteiger partial charge in [-0.25, -0.2) is 4.57 Å². The molecule has 0 heterocycles. The fraction of sp³-hybridized carbons (Fsp3) is 0.672. The number of unbranched alkanes of at least 4 members (excludes halogenated alkanes) is 17. The molecule has 0 saturated heterocycles. The maximum absolute atomic E-state index is 12.9. The first-order valence-electron chi connectivity index (χ1n) is 27.1. The molecule has 0 aliphatic carbocycles. The normalized spacial score (nSPS) is 14.2. The minimum Gasteiger partial charge on any atom is -0.462 e. The number of phosphoric acid groups is 1. The fourth-order valence-corrected chi connectivity index (χ4v) is 7.76. The number of carbonyl (C=O) groups is 3. The summed E-state index contributed by atoms with van der Waals surface area (Å²) in [5.74, 6) is -1.62. The third-order valence-electron chi connectivity index (χ3n) is 11.0. The van der Waals surface area contributed by atoms with E-state index in [0.29, 0.717) is 19.3 Å². The Hall–Kier alpha value is -3.60. The van der Waals surface area contributed by atoms with Crippen LogP contribution in [0.5, 0.6) is 0 Å². The molecule has 0 saturated carbocycles. The molecular weight excluding hydrogens is 904 g/mol. The van der Waals surface area contributed by atoms with Crippen LogP contribution in [0.3, 0.4) is 0 Å². The molecule has 12 heteroatoms. The van der Waals surface area contributed by atoms with Gasteiger partial charge in [0.2, 0.25) is 0 Å². The first-order chi connectivity index (χ1) is 34.2. The number of aliphatic hydroxyl groups is 1. The zero-order chi connectivity index (χ0) is 51.3. The Labute approximate surface area is 425 Å². The Balaban J connectivity index is 4.81. The zero-order valence-corrected chi connectivity index (χ0v) is 44.8. The number of ether oxygens (including phenoxy) is 3. The molecule has 0 radical (unpaired) electrons. The third-order valence-corrected chi connectivity index (χ3v) is 12.0. The van der Waals surface area contributed by atoms with Crippen LogP contribution in [0.4, 0.5) is 0 Å². The molecule has 0 bridgehead atoms. The summed E-state index contributed by atoms with van der Waals surface area (Å²) >= 11 is 0. The highest BCUT2D eigenvalue weighted by Crippen LogP contribution is 2.43. The molecule has 0 amide bonds. The first kappa shape index (κ1) is 66.4. The second-order valence-corrected chi connectivity index (χ2v) is 19.1. The van der Waals surface area contributed by atoms with E-state index in [9.17, 15) is 28.9 Å². The lowest BCUT2D eigenvalue weighted by molar-refractivity contribution is -0.161. The summed E-state index contributed by atoms with van der Waals surface area (Å²) in [5, 5.41) is 9.77. The monoisotopic (exact) mass is 1000 g/mol. The van der Waals surface area contributed by atoms with Crippen molar-refractivity contribution in [1.82, 2.24) is 0 Å². The number of hydrogen-bond acceptors (Lipinski definition) is 10. The molecule has 400 valence electrons. The van der Waals surface area contributed by atoms with Gasteiger partial charge in [0.05, 0.1) is 26.2 Å². The van der Waals surface area contributed by atoms with Crippen molar-refractivity contribution in [3.63, 3.8) is 0 Å². The maximum atomic E-state index is 12.9. The number of rotatable bonds is 49. The second kappa shape index (κ2) is 51.7. The van der Waals surface area contributed by atoms with Gasteiger partial charge >= 0.3 is 25.7 Å². The van der Waals surface area contributed by atoms with Crippen LogP contribution in [-0.2, 0) is 42.2 Å². The van der Waals surface area contributed by atoms with Gasteiger partial charge in [-0.2, -0.15) is 0 Å². The number of aliphatic hydroxyl groups excluding tert-OH is 1. The molecule has 0 rings (SSSR count). The number of allylic oxidation sites excluding steroid dienone is 15. The molecule has 3 unspecified atom stereocenters. The van der Waals surface area contributed by atoms with Gasteiger partial charge in [0.1, 0.15) is 12.7 Å². The Morgan fingerprint density at radius 1 is 0.429 bits per heavy atom. The maximum Gasteiger partial charge on any atom is 0.472 e. The van der Waals surface area contributed by atoms with Gasteiger partial charge in [0, 0.05) is 12.8 Å². The van der Waals surface area contributed by atoms with Gasteiger partial charge in [-0.15, -0.1) is 0 Å². The number of esters is 3. The number of phosphoric ester groups is 1. The highest BCUT2D eigenvalue weighted by molar-refractivity contribution is 7.47. The van der Waals surface area contributed by atoms with Crippen molar-refractivity contribution < 1.29 is 52.2 Å². The van der Waals surface area contributed by atoms with E-state index >= 15 is 0 Å². The summed E-state index contributed by atoms with van der Waals surface area (Å²) in [6.45, 7) is 4.28. The number of carbonyl (C=O) groups excluding carboxylic acids is 3. The summed E-state index contributed by atoms with van der Waals surface area (Å²) in [7, 11) is -4.77. The van der Waals surface area contributed by atoms with Crippen molar-refractivity contribution in [2.45, 2.75) is 226 Å². The van der Waals surface area contributed by atoms with Crippen LogP contribution in [0.25, 0.3) is 0 Å². The van der Waals surface area contributed by atoms with E-state index in [1.54, 1.807) is 6.08 Å². The first-order valence-corrected chi connectivity index (χ1v) is 28.6. The van der Waals surface area contributed by atoms with E-state index in [0.717, 1.165) is 103 Å². The van der Waals surface area contributed by atoms with Crippen molar-refractivity contribution >= 4 is 25.7 Å². The zero-order valence-electron chi connectivity index (χ0n) is 43.9. The summed E-state index contributed by atoms with van der Waals surface area (Å²) in [5.41, 5.74) is 0. The largest absolute Gasteiger partial charge is 0.472 e. The van der Waals surface area contributed by atoms with Crippen molar-refractivity contribution in [2.75, 3.05) is 26.4 Å². The van der Waals surface area contributed by atoms with Gasteiger partial charge in [0.25, 0.3) is 0 Å². The van der Waals surface area contributed by atoms with E-state index in [4.69, 9.17) is 23.3 Å². The average Bonchev–Trinajstić information content (AvgIpc) is 3.35. The van der Waals surface area contributed by atoms with Crippen molar-refractivity contribution in [3.8, 4) is 0 Å². The Bertz CT molecular complexity index is 1540. The van der Waals surface area contributed by atoms with Crippen LogP contribution >= 0.6 is 7.82 Å². The molecule has 0 aromatic rings. The van der Waals surface area contributed by atoms with Crippen LogP contribution < -0.4 is 0 Å². The summed E-state index contributed by atoms with van der Waals surface area (Å²) in [6, 6.07) is 0. The molecule has 11 nitrogen and oxygen atoms in total. The lowest BCUT2D eigenvalue weighted by atomic mass is 10.1. The lowest BCUT2D eigenvalue weighted by Crippen LogP contribution is -2.30. The molecule has 0 aliphatic rings. The summed E-state index contributed by atoms with van der Waals surface area (Å²) in [4.78, 5) is 48.3. The van der Waals surface area contributed by atoms with Gasteiger partial charge in [0.15, 0.2) is 6.10 Å².